The van der Waals surface area contributed by atoms with Gasteiger partial charge in [-0.2, -0.15) is 0 Å². The molecule has 1 N–H and O–H groups in total. The molecule has 2 atom stereocenters. The molecule has 1 fully saturated rings. The molecule has 0 aliphatic carbocycles. The molecule has 30 heavy (non-hydrogen) atoms. The van der Waals surface area contributed by atoms with Crippen LogP contribution in [0.25, 0.3) is 0 Å². The summed E-state index contributed by atoms with van der Waals surface area (Å²) in [5, 5.41) is 4.42. The third-order valence-corrected chi connectivity index (χ3v) is 6.40. The van der Waals surface area contributed by atoms with Gasteiger partial charge in [0.2, 0.25) is 5.91 Å². The highest BCUT2D eigenvalue weighted by Crippen LogP contribution is 2.30. The molecule has 1 aliphatic rings. The van der Waals surface area contributed by atoms with Crippen LogP contribution in [0.2, 0.25) is 10.0 Å². The molecule has 1 aliphatic heterocycles. The Bertz CT molecular complexity index is 851. The van der Waals surface area contributed by atoms with Gasteiger partial charge in [0.15, 0.2) is 0 Å². The molecule has 1 amide bonds. The van der Waals surface area contributed by atoms with E-state index in [-0.39, 0.29) is 11.9 Å². The van der Waals surface area contributed by atoms with Crippen LogP contribution < -0.4 is 5.32 Å². The molecule has 162 valence electrons. The summed E-state index contributed by atoms with van der Waals surface area (Å²) in [5.74, 6) is 0.0463. The van der Waals surface area contributed by atoms with Gasteiger partial charge in [-0.15, -0.1) is 0 Å². The van der Waals surface area contributed by atoms with Crippen LogP contribution in [-0.4, -0.2) is 28.4 Å². The van der Waals surface area contributed by atoms with E-state index >= 15 is 0 Å². The number of carbonyl (C=O) groups excluding carboxylic acids is 1. The first kappa shape index (κ1) is 23.1. The molecule has 1 saturated heterocycles. The average molecular weight is 448 g/mol. The van der Waals surface area contributed by atoms with E-state index in [2.05, 4.69) is 15.2 Å². The first-order valence-corrected chi connectivity index (χ1v) is 11.4. The number of carbonyl (C=O) groups is 1. The number of aromatic nitrogens is 1. The van der Waals surface area contributed by atoms with Crippen molar-refractivity contribution in [1.29, 1.82) is 0 Å². The maximum atomic E-state index is 12.8. The van der Waals surface area contributed by atoms with E-state index in [1.165, 1.54) is 12.8 Å². The number of pyridine rings is 1. The number of nitrogens with zero attached hydrogens (tertiary/aromatic N) is 2. The summed E-state index contributed by atoms with van der Waals surface area (Å²) >= 11 is 12.3. The quantitative estimate of drug-likeness (QED) is 0.586. The van der Waals surface area contributed by atoms with Gasteiger partial charge in [-0.3, -0.25) is 14.7 Å². The summed E-state index contributed by atoms with van der Waals surface area (Å²) < 4.78 is 0. The largest absolute Gasteiger partial charge is 0.347 e. The molecule has 2 heterocycles. The molecule has 2 aromatic rings. The van der Waals surface area contributed by atoms with Crippen molar-refractivity contribution in [3.05, 3.63) is 63.9 Å². The van der Waals surface area contributed by atoms with Crippen LogP contribution in [0, 0.1) is 5.41 Å². The minimum atomic E-state index is -0.445. The van der Waals surface area contributed by atoms with E-state index in [4.69, 9.17) is 23.2 Å². The molecular formula is C24H31Cl2N3O. The molecule has 3 rings (SSSR count). The van der Waals surface area contributed by atoms with Gasteiger partial charge in [0.25, 0.3) is 0 Å². The molecule has 0 spiro atoms. The van der Waals surface area contributed by atoms with Crippen LogP contribution >= 0.6 is 23.2 Å². The lowest BCUT2D eigenvalue weighted by Crippen LogP contribution is -2.44. The number of piperidine rings is 1. The number of hydrogen-bond donors (Lipinski definition) is 1. The Hall–Kier alpha value is -1.62. The molecule has 0 saturated carbocycles. The third-order valence-electron chi connectivity index (χ3n) is 5.66. The minimum absolute atomic E-state index is 0.0463. The van der Waals surface area contributed by atoms with Crippen molar-refractivity contribution < 1.29 is 4.79 Å². The zero-order valence-corrected chi connectivity index (χ0v) is 19.5. The Morgan fingerprint density at radius 2 is 2.00 bits per heavy atom. The Morgan fingerprint density at radius 1 is 1.20 bits per heavy atom. The van der Waals surface area contributed by atoms with Crippen LogP contribution in [0.4, 0.5) is 0 Å². The highest BCUT2D eigenvalue weighted by atomic mass is 35.5. The minimum Gasteiger partial charge on any atom is -0.347 e. The summed E-state index contributed by atoms with van der Waals surface area (Å²) in [6.07, 6.45) is 6.11. The van der Waals surface area contributed by atoms with Crippen LogP contribution in [0.15, 0.2) is 42.6 Å². The van der Waals surface area contributed by atoms with Crippen molar-refractivity contribution >= 4 is 29.1 Å². The Kier molecular flexibility index (Phi) is 7.78. The fourth-order valence-corrected chi connectivity index (χ4v) is 4.21. The van der Waals surface area contributed by atoms with Gasteiger partial charge >= 0.3 is 0 Å². The summed E-state index contributed by atoms with van der Waals surface area (Å²) in [6, 6.07) is 12.0. The lowest BCUT2D eigenvalue weighted by atomic mass is 9.91. The number of hydrogen-bond acceptors (Lipinski definition) is 3. The van der Waals surface area contributed by atoms with Gasteiger partial charge in [-0.1, -0.05) is 62.5 Å². The van der Waals surface area contributed by atoms with Crippen LogP contribution in [0.5, 0.6) is 0 Å². The molecule has 0 bridgehead atoms. The number of halogens is 2. The van der Waals surface area contributed by atoms with Gasteiger partial charge in [0.1, 0.15) is 0 Å². The summed E-state index contributed by atoms with van der Waals surface area (Å²) in [6.45, 7) is 7.68. The van der Waals surface area contributed by atoms with E-state index in [0.29, 0.717) is 16.1 Å². The second-order valence-electron chi connectivity index (χ2n) is 9.13. The van der Waals surface area contributed by atoms with Crippen molar-refractivity contribution in [3.63, 3.8) is 0 Å². The molecule has 4 nitrogen and oxygen atoms in total. The number of nitrogens with one attached hydrogen (secondary N) is 1. The van der Waals surface area contributed by atoms with Gasteiger partial charge in [-0.25, -0.2) is 0 Å². The molecule has 1 aromatic heterocycles. The number of rotatable bonds is 6. The van der Waals surface area contributed by atoms with Crippen LogP contribution in [-0.2, 0) is 11.3 Å². The Morgan fingerprint density at radius 3 is 2.67 bits per heavy atom. The maximum absolute atomic E-state index is 12.8. The van der Waals surface area contributed by atoms with Crippen molar-refractivity contribution in [2.45, 2.75) is 65.1 Å². The maximum Gasteiger partial charge on any atom is 0.225 e. The second-order valence-corrected chi connectivity index (χ2v) is 9.95. The van der Waals surface area contributed by atoms with Gasteiger partial charge in [0.05, 0.1) is 21.8 Å². The third kappa shape index (κ3) is 6.19. The molecule has 0 radical (unpaired) electrons. The SMILES string of the molecule is CC(C)(C)C(=O)N[C@@H](C[C@@H]1CCCCN1Cc1ccc(Cl)c(Cl)c1)c1ccccn1. The van der Waals surface area contributed by atoms with Crippen LogP contribution in [0.1, 0.15) is 63.8 Å². The lowest BCUT2D eigenvalue weighted by molar-refractivity contribution is -0.129. The summed E-state index contributed by atoms with van der Waals surface area (Å²) in [4.78, 5) is 19.8. The van der Waals surface area contributed by atoms with Gasteiger partial charge in [0, 0.05) is 24.2 Å². The molecule has 0 unspecified atom stereocenters. The average Bonchev–Trinajstić information content (AvgIpc) is 2.71. The van der Waals surface area contributed by atoms with Gasteiger partial charge < -0.3 is 5.32 Å². The smallest absolute Gasteiger partial charge is 0.225 e. The normalized spacial score (nSPS) is 18.8. The summed E-state index contributed by atoms with van der Waals surface area (Å²) in [7, 11) is 0. The number of amides is 1. The highest BCUT2D eigenvalue weighted by molar-refractivity contribution is 6.42. The number of benzene rings is 1. The van der Waals surface area contributed by atoms with E-state index in [1.807, 2.05) is 57.2 Å². The van der Waals surface area contributed by atoms with E-state index in [9.17, 15) is 4.79 Å². The molecule has 1 aromatic carbocycles. The first-order valence-electron chi connectivity index (χ1n) is 10.6. The second kappa shape index (κ2) is 10.1. The van der Waals surface area contributed by atoms with E-state index in [0.717, 1.165) is 37.2 Å². The fourth-order valence-electron chi connectivity index (χ4n) is 3.89. The topological polar surface area (TPSA) is 45.2 Å². The zero-order chi connectivity index (χ0) is 21.7. The fraction of sp³-hybridized carbons (Fsp3) is 0.500. The molecule has 6 heteroatoms. The van der Waals surface area contributed by atoms with Crippen LogP contribution in [0.3, 0.4) is 0 Å². The summed E-state index contributed by atoms with van der Waals surface area (Å²) in [5.41, 5.74) is 1.62. The van der Waals surface area contributed by atoms with Gasteiger partial charge in [-0.05, 0) is 55.6 Å². The Labute approximate surface area is 190 Å². The number of likely N-dealkylation sites (tertiary alicyclic amines) is 1. The Balaban J connectivity index is 1.78. The van der Waals surface area contributed by atoms with Crippen molar-refractivity contribution in [3.8, 4) is 0 Å². The van der Waals surface area contributed by atoms with E-state index < -0.39 is 5.41 Å². The van der Waals surface area contributed by atoms with E-state index in [1.54, 1.807) is 6.20 Å². The lowest BCUT2D eigenvalue weighted by Gasteiger charge is -2.38. The highest BCUT2D eigenvalue weighted by Gasteiger charge is 2.30. The van der Waals surface area contributed by atoms with Crippen molar-refractivity contribution in [2.75, 3.05) is 6.54 Å². The first-order chi connectivity index (χ1) is 14.2. The van der Waals surface area contributed by atoms with Crippen molar-refractivity contribution in [2.24, 2.45) is 5.41 Å². The monoisotopic (exact) mass is 447 g/mol. The molecular weight excluding hydrogens is 417 g/mol. The zero-order valence-electron chi connectivity index (χ0n) is 18.0. The van der Waals surface area contributed by atoms with Crippen molar-refractivity contribution in [1.82, 2.24) is 15.2 Å². The predicted octanol–water partition coefficient (Wildman–Crippen LogP) is 6.04. The predicted molar refractivity (Wildman–Crippen MR) is 124 cm³/mol. The standard InChI is InChI=1S/C24H31Cl2N3O/c1-24(2,3)23(30)28-22(21-9-4-6-12-27-21)15-18-8-5-7-13-29(18)16-17-10-11-19(25)20(26)14-17/h4,6,9-12,14,18,22H,5,7-8,13,15-16H2,1-3H3,(H,28,30)/t18-,22-/m0/s1.